The van der Waals surface area contributed by atoms with Crippen LogP contribution in [-0.2, 0) is 15.9 Å². The molecule has 178 valence electrons. The molecule has 3 aromatic rings. The van der Waals surface area contributed by atoms with Crippen LogP contribution in [0.25, 0.3) is 5.82 Å². The number of rotatable bonds is 5. The number of nitrogens with zero attached hydrogens (tertiary/aromatic N) is 3. The molecule has 0 saturated carbocycles. The molecule has 0 aliphatic rings. The van der Waals surface area contributed by atoms with Crippen molar-refractivity contribution in [1.82, 2.24) is 25.6 Å². The molecule has 14 heteroatoms. The van der Waals surface area contributed by atoms with Crippen molar-refractivity contribution >= 4 is 58.0 Å². The molecule has 2 aromatic heterocycles. The van der Waals surface area contributed by atoms with Crippen molar-refractivity contribution < 1.29 is 23.7 Å². The molecule has 1 unspecified atom stereocenters. The van der Waals surface area contributed by atoms with E-state index in [1.807, 2.05) is 5.43 Å². The lowest BCUT2D eigenvalue weighted by Crippen LogP contribution is -2.41. The highest BCUT2D eigenvalue weighted by molar-refractivity contribution is 7.90. The van der Waals surface area contributed by atoms with Gasteiger partial charge in [0.25, 0.3) is 16.8 Å². The Labute approximate surface area is 206 Å². The number of methoxy groups -OCH3 is 1. The van der Waals surface area contributed by atoms with Crippen molar-refractivity contribution in [2.24, 2.45) is 0 Å². The number of anilines is 1. The fourth-order valence-corrected chi connectivity index (χ4v) is 3.80. The first-order valence-electron chi connectivity index (χ1n) is 9.42. The highest BCUT2D eigenvalue weighted by Crippen LogP contribution is 2.27. The number of hydrogen-bond donors (Lipinski definition) is 3. The first-order chi connectivity index (χ1) is 16.1. The summed E-state index contributed by atoms with van der Waals surface area (Å²) in [4.78, 5) is 41.4. The summed E-state index contributed by atoms with van der Waals surface area (Å²) in [5, 5.41) is 7.42. The quantitative estimate of drug-likeness (QED) is 0.342. The standard InChI is InChI=1S/C20H18Cl2N6O5S/c1-10-7-11(21)8-12(18(29)25-26-20(31)33-2)16(10)24-19(30)14-9-15(34(3)32)27-28(14)17-13(22)5-4-6-23-17/h4-9H,1-3H3,(H,24,30)(H,25,29)(H,26,31). The molecule has 3 rings (SSSR count). The number of carbonyl (C=O) groups is 3. The predicted molar refractivity (Wildman–Crippen MR) is 126 cm³/mol. The molecular formula is C20H18Cl2N6O5S. The predicted octanol–water partition coefficient (Wildman–Crippen LogP) is 2.87. The Morgan fingerprint density at radius 1 is 1.15 bits per heavy atom. The summed E-state index contributed by atoms with van der Waals surface area (Å²) in [6, 6.07) is 7.37. The van der Waals surface area contributed by atoms with Gasteiger partial charge in [0.05, 0.1) is 23.4 Å². The molecule has 0 aliphatic heterocycles. The number of aryl methyl sites for hydroxylation is 1. The summed E-state index contributed by atoms with van der Waals surface area (Å²) >= 11 is 10.8. The summed E-state index contributed by atoms with van der Waals surface area (Å²) in [5.74, 6) is -1.30. The van der Waals surface area contributed by atoms with Crippen LogP contribution in [0.15, 0.2) is 41.6 Å². The Morgan fingerprint density at radius 3 is 2.53 bits per heavy atom. The number of nitrogens with one attached hydrogen (secondary N) is 3. The van der Waals surface area contributed by atoms with Gasteiger partial charge in [-0.15, -0.1) is 5.10 Å². The Kier molecular flexibility index (Phi) is 7.99. The zero-order valence-electron chi connectivity index (χ0n) is 18.0. The minimum Gasteiger partial charge on any atom is -0.610 e. The Balaban J connectivity index is 2.01. The monoisotopic (exact) mass is 524 g/mol. The minimum atomic E-state index is -1.51. The maximum atomic E-state index is 13.3. The lowest BCUT2D eigenvalue weighted by molar-refractivity contribution is 0.0921. The molecule has 11 nitrogen and oxygen atoms in total. The van der Waals surface area contributed by atoms with Crippen LogP contribution in [0.3, 0.4) is 0 Å². The van der Waals surface area contributed by atoms with Gasteiger partial charge in [0, 0.05) is 28.5 Å². The van der Waals surface area contributed by atoms with Crippen LogP contribution in [0, 0.1) is 6.92 Å². The van der Waals surface area contributed by atoms with Crippen molar-refractivity contribution in [2.75, 3.05) is 18.7 Å². The highest BCUT2D eigenvalue weighted by Gasteiger charge is 2.25. The summed E-state index contributed by atoms with van der Waals surface area (Å²) in [7, 11) is 1.13. The fraction of sp³-hybridized carbons (Fsp3) is 0.150. The first kappa shape index (κ1) is 25.3. The van der Waals surface area contributed by atoms with E-state index < -0.39 is 29.1 Å². The molecule has 0 radical (unpaired) electrons. The number of hydrogen-bond acceptors (Lipinski definition) is 7. The van der Waals surface area contributed by atoms with Crippen molar-refractivity contribution in [2.45, 2.75) is 11.9 Å². The largest absolute Gasteiger partial charge is 0.610 e. The number of ether oxygens (including phenoxy) is 1. The molecule has 0 spiro atoms. The van der Waals surface area contributed by atoms with E-state index in [9.17, 15) is 18.9 Å². The van der Waals surface area contributed by atoms with Gasteiger partial charge in [-0.25, -0.2) is 19.9 Å². The van der Waals surface area contributed by atoms with Gasteiger partial charge in [-0.05, 0) is 36.8 Å². The molecule has 1 atom stereocenters. The molecular weight excluding hydrogens is 507 g/mol. The third kappa shape index (κ3) is 5.59. The van der Waals surface area contributed by atoms with E-state index in [4.69, 9.17) is 23.2 Å². The van der Waals surface area contributed by atoms with Crippen LogP contribution in [0.2, 0.25) is 10.0 Å². The van der Waals surface area contributed by atoms with E-state index in [1.165, 1.54) is 24.6 Å². The van der Waals surface area contributed by atoms with Crippen LogP contribution >= 0.6 is 23.2 Å². The molecule has 3 N–H and O–H groups in total. The average molecular weight is 525 g/mol. The van der Waals surface area contributed by atoms with Crippen LogP contribution in [0.5, 0.6) is 0 Å². The zero-order chi connectivity index (χ0) is 25.0. The zero-order valence-corrected chi connectivity index (χ0v) is 20.3. The summed E-state index contributed by atoms with van der Waals surface area (Å²) in [5.41, 5.74) is 4.74. The van der Waals surface area contributed by atoms with Crippen LogP contribution < -0.4 is 16.2 Å². The molecule has 3 amide bonds. The summed E-state index contributed by atoms with van der Waals surface area (Å²) in [6.45, 7) is 1.63. The molecule has 0 aliphatic carbocycles. The molecule has 34 heavy (non-hydrogen) atoms. The van der Waals surface area contributed by atoms with Crippen LogP contribution in [-0.4, -0.2) is 50.6 Å². The summed E-state index contributed by atoms with van der Waals surface area (Å²) in [6.07, 6.45) is 1.98. The maximum absolute atomic E-state index is 13.3. The number of benzene rings is 1. The van der Waals surface area contributed by atoms with E-state index in [0.29, 0.717) is 5.56 Å². The Bertz CT molecular complexity index is 1270. The number of amides is 3. The smallest absolute Gasteiger partial charge is 0.425 e. The van der Waals surface area contributed by atoms with E-state index in [1.54, 1.807) is 25.1 Å². The Hall–Kier alpha value is -3.32. The second kappa shape index (κ2) is 10.7. The van der Waals surface area contributed by atoms with Gasteiger partial charge in [0.1, 0.15) is 11.9 Å². The van der Waals surface area contributed by atoms with Gasteiger partial charge in [-0.1, -0.05) is 23.2 Å². The van der Waals surface area contributed by atoms with Gasteiger partial charge < -0.3 is 14.6 Å². The number of pyridine rings is 1. The lowest BCUT2D eigenvalue weighted by atomic mass is 10.1. The Morgan fingerprint density at radius 2 is 1.88 bits per heavy atom. The van der Waals surface area contributed by atoms with Gasteiger partial charge in [0.15, 0.2) is 5.82 Å². The number of carbonyl (C=O) groups excluding carboxylic acids is 3. The molecule has 1 aromatic carbocycles. The number of hydrazine groups is 1. The molecule has 2 heterocycles. The molecule has 0 saturated heterocycles. The number of aromatic nitrogens is 3. The van der Waals surface area contributed by atoms with Crippen molar-refractivity contribution in [3.63, 3.8) is 0 Å². The van der Waals surface area contributed by atoms with Crippen LogP contribution in [0.1, 0.15) is 26.4 Å². The average Bonchev–Trinajstić information content (AvgIpc) is 3.24. The second-order valence-electron chi connectivity index (χ2n) is 6.71. The fourth-order valence-electron chi connectivity index (χ4n) is 2.85. The minimum absolute atomic E-state index is 0.0285. The second-order valence-corrected chi connectivity index (χ2v) is 8.88. The van der Waals surface area contributed by atoms with Crippen molar-refractivity contribution in [3.05, 3.63) is 63.4 Å². The van der Waals surface area contributed by atoms with E-state index >= 15 is 0 Å². The lowest BCUT2D eigenvalue weighted by Gasteiger charge is -2.15. The van der Waals surface area contributed by atoms with E-state index in [2.05, 4.69) is 25.6 Å². The first-order valence-corrected chi connectivity index (χ1v) is 11.7. The third-order valence-corrected chi connectivity index (χ3v) is 5.70. The number of halogens is 2. The SMILES string of the molecule is COC(=O)NNC(=O)c1cc(Cl)cc(C)c1NC(=O)c1cc([S+](C)[O-])nn1-c1ncccc1Cl. The van der Waals surface area contributed by atoms with E-state index in [-0.39, 0.29) is 37.8 Å². The van der Waals surface area contributed by atoms with E-state index in [0.717, 1.165) is 11.8 Å². The van der Waals surface area contributed by atoms with Gasteiger partial charge >= 0.3 is 6.09 Å². The summed E-state index contributed by atoms with van der Waals surface area (Å²) < 4.78 is 17.6. The normalized spacial score (nSPS) is 11.5. The topological polar surface area (TPSA) is 150 Å². The van der Waals surface area contributed by atoms with Crippen molar-refractivity contribution in [3.8, 4) is 5.82 Å². The highest BCUT2D eigenvalue weighted by atomic mass is 35.5. The molecule has 0 fully saturated rings. The van der Waals surface area contributed by atoms with Gasteiger partial charge in [-0.2, -0.15) is 0 Å². The van der Waals surface area contributed by atoms with Crippen LogP contribution in [0.4, 0.5) is 10.5 Å². The third-order valence-electron chi connectivity index (χ3n) is 4.40. The van der Waals surface area contributed by atoms with Crippen molar-refractivity contribution in [1.29, 1.82) is 0 Å². The van der Waals surface area contributed by atoms with Gasteiger partial charge in [0.2, 0.25) is 0 Å². The van der Waals surface area contributed by atoms with Gasteiger partial charge in [-0.3, -0.25) is 15.0 Å². The maximum Gasteiger partial charge on any atom is 0.425 e. The molecule has 0 bridgehead atoms.